The average Bonchev–Trinajstić information content (AvgIpc) is 2.58. The molecule has 0 aliphatic carbocycles. The van der Waals surface area contributed by atoms with Crippen molar-refractivity contribution in [2.75, 3.05) is 13.1 Å². The summed E-state index contributed by atoms with van der Waals surface area (Å²) < 4.78 is 37.7. The first-order valence-electron chi connectivity index (χ1n) is 8.52. The Morgan fingerprint density at radius 3 is 2.46 bits per heavy atom. The Kier molecular flexibility index (Phi) is 6.27. The van der Waals surface area contributed by atoms with Crippen LogP contribution in [-0.2, 0) is 17.5 Å². The standard InChI is InChI=1S/C18H25F3N2O/c1-3-14-12-23(17(24)4-2)10-9-16(14)22-11-13-5-7-15(8-6-13)18(19,20)21/h5-8,14,16,22H,3-4,9-12H2,1-2H3. The fraction of sp³-hybridized carbons (Fsp3) is 0.611. The molecule has 6 heteroatoms. The van der Waals surface area contributed by atoms with Gasteiger partial charge in [-0.15, -0.1) is 0 Å². The topological polar surface area (TPSA) is 32.3 Å². The van der Waals surface area contributed by atoms with E-state index in [1.807, 2.05) is 11.8 Å². The Morgan fingerprint density at radius 2 is 1.92 bits per heavy atom. The smallest absolute Gasteiger partial charge is 0.342 e. The molecule has 134 valence electrons. The SMILES string of the molecule is CCC(=O)N1CCC(NCc2ccc(C(F)(F)F)cc2)C(CC)C1. The number of alkyl halides is 3. The Morgan fingerprint density at radius 1 is 1.25 bits per heavy atom. The summed E-state index contributed by atoms with van der Waals surface area (Å²) in [4.78, 5) is 13.8. The van der Waals surface area contributed by atoms with E-state index in [1.165, 1.54) is 12.1 Å². The van der Waals surface area contributed by atoms with Crippen LogP contribution in [-0.4, -0.2) is 29.9 Å². The van der Waals surface area contributed by atoms with Gasteiger partial charge in [0.05, 0.1) is 5.56 Å². The van der Waals surface area contributed by atoms with Crippen molar-refractivity contribution in [3.63, 3.8) is 0 Å². The van der Waals surface area contributed by atoms with E-state index in [2.05, 4.69) is 12.2 Å². The quantitative estimate of drug-likeness (QED) is 0.882. The van der Waals surface area contributed by atoms with Crippen LogP contribution >= 0.6 is 0 Å². The molecule has 2 rings (SSSR count). The molecule has 1 aromatic carbocycles. The number of likely N-dealkylation sites (tertiary alicyclic amines) is 1. The van der Waals surface area contributed by atoms with Gasteiger partial charge in [0.2, 0.25) is 5.91 Å². The van der Waals surface area contributed by atoms with Gasteiger partial charge in [-0.25, -0.2) is 0 Å². The Balaban J connectivity index is 1.90. The average molecular weight is 342 g/mol. The van der Waals surface area contributed by atoms with E-state index >= 15 is 0 Å². The number of nitrogens with one attached hydrogen (secondary N) is 1. The minimum Gasteiger partial charge on any atom is -0.342 e. The van der Waals surface area contributed by atoms with Crippen molar-refractivity contribution in [2.24, 2.45) is 5.92 Å². The van der Waals surface area contributed by atoms with Crippen molar-refractivity contribution in [1.82, 2.24) is 10.2 Å². The number of hydrogen-bond donors (Lipinski definition) is 1. The number of piperidine rings is 1. The largest absolute Gasteiger partial charge is 0.416 e. The highest BCUT2D eigenvalue weighted by Crippen LogP contribution is 2.29. The molecule has 0 bridgehead atoms. The van der Waals surface area contributed by atoms with Gasteiger partial charge in [0.1, 0.15) is 0 Å². The third-order valence-corrected chi connectivity index (χ3v) is 4.76. The van der Waals surface area contributed by atoms with E-state index in [4.69, 9.17) is 0 Å². The number of amides is 1. The van der Waals surface area contributed by atoms with Crippen LogP contribution in [0.4, 0.5) is 13.2 Å². The fourth-order valence-corrected chi connectivity index (χ4v) is 3.23. The van der Waals surface area contributed by atoms with Crippen LogP contribution in [0, 0.1) is 5.92 Å². The van der Waals surface area contributed by atoms with E-state index in [9.17, 15) is 18.0 Å². The lowest BCUT2D eigenvalue weighted by molar-refractivity contribution is -0.137. The van der Waals surface area contributed by atoms with Gasteiger partial charge in [0.25, 0.3) is 0 Å². The van der Waals surface area contributed by atoms with Gasteiger partial charge in [0, 0.05) is 32.1 Å². The second-order valence-corrected chi connectivity index (χ2v) is 6.33. The molecule has 2 atom stereocenters. The molecular weight excluding hydrogens is 317 g/mol. The molecule has 24 heavy (non-hydrogen) atoms. The molecule has 1 fully saturated rings. The maximum Gasteiger partial charge on any atom is 0.416 e. The molecule has 1 N–H and O–H groups in total. The lowest BCUT2D eigenvalue weighted by Crippen LogP contribution is -2.50. The summed E-state index contributed by atoms with van der Waals surface area (Å²) in [6.07, 6.45) is -1.92. The Bertz CT molecular complexity index is 542. The van der Waals surface area contributed by atoms with Crippen LogP contribution in [0.2, 0.25) is 0 Å². The first kappa shape index (κ1) is 18.8. The van der Waals surface area contributed by atoms with Crippen LogP contribution in [0.5, 0.6) is 0 Å². The highest BCUT2D eigenvalue weighted by Gasteiger charge is 2.31. The molecule has 0 saturated carbocycles. The van der Waals surface area contributed by atoms with Crippen LogP contribution in [0.15, 0.2) is 24.3 Å². The molecule has 3 nitrogen and oxygen atoms in total. The summed E-state index contributed by atoms with van der Waals surface area (Å²) in [6, 6.07) is 5.57. The summed E-state index contributed by atoms with van der Waals surface area (Å²) in [5.41, 5.74) is 0.217. The summed E-state index contributed by atoms with van der Waals surface area (Å²) >= 11 is 0. The highest BCUT2D eigenvalue weighted by atomic mass is 19.4. The van der Waals surface area contributed by atoms with Crippen LogP contribution in [0.3, 0.4) is 0 Å². The Labute approximate surface area is 141 Å². The van der Waals surface area contributed by atoms with Crippen molar-refractivity contribution in [3.05, 3.63) is 35.4 Å². The lowest BCUT2D eigenvalue weighted by atomic mass is 9.89. The van der Waals surface area contributed by atoms with Crippen LogP contribution in [0.1, 0.15) is 44.2 Å². The number of hydrogen-bond acceptors (Lipinski definition) is 2. The molecular formula is C18H25F3N2O. The minimum absolute atomic E-state index is 0.189. The van der Waals surface area contributed by atoms with Crippen LogP contribution < -0.4 is 5.32 Å². The normalized spacial score (nSPS) is 21.8. The monoisotopic (exact) mass is 342 g/mol. The van der Waals surface area contributed by atoms with Gasteiger partial charge in [0.15, 0.2) is 0 Å². The molecule has 1 aliphatic rings. The van der Waals surface area contributed by atoms with E-state index in [0.717, 1.165) is 43.6 Å². The van der Waals surface area contributed by atoms with E-state index in [-0.39, 0.29) is 11.9 Å². The van der Waals surface area contributed by atoms with Gasteiger partial charge in [-0.2, -0.15) is 13.2 Å². The third kappa shape index (κ3) is 4.72. The van der Waals surface area contributed by atoms with Gasteiger partial charge >= 0.3 is 6.18 Å². The Hall–Kier alpha value is -1.56. The summed E-state index contributed by atoms with van der Waals surface area (Å²) in [6.45, 7) is 6.03. The van der Waals surface area contributed by atoms with E-state index < -0.39 is 11.7 Å². The van der Waals surface area contributed by atoms with Gasteiger partial charge in [-0.3, -0.25) is 4.79 Å². The number of benzene rings is 1. The predicted octanol–water partition coefficient (Wildman–Crippen LogP) is 3.83. The number of carbonyl (C=O) groups excluding carboxylic acids is 1. The molecule has 1 aliphatic heterocycles. The lowest BCUT2D eigenvalue weighted by Gasteiger charge is -2.38. The second kappa shape index (κ2) is 8.01. The van der Waals surface area contributed by atoms with E-state index in [1.54, 1.807) is 0 Å². The van der Waals surface area contributed by atoms with Gasteiger partial charge in [-0.05, 0) is 30.0 Å². The maximum absolute atomic E-state index is 12.6. The zero-order valence-corrected chi connectivity index (χ0v) is 14.2. The molecule has 0 spiro atoms. The van der Waals surface area contributed by atoms with Crippen molar-refractivity contribution in [1.29, 1.82) is 0 Å². The van der Waals surface area contributed by atoms with Crippen molar-refractivity contribution in [2.45, 2.75) is 51.9 Å². The molecule has 2 unspecified atom stereocenters. The summed E-state index contributed by atoms with van der Waals surface area (Å²) in [5.74, 6) is 0.568. The number of rotatable bonds is 5. The predicted molar refractivity (Wildman–Crippen MR) is 87.3 cm³/mol. The van der Waals surface area contributed by atoms with Crippen molar-refractivity contribution in [3.8, 4) is 0 Å². The first-order valence-corrected chi connectivity index (χ1v) is 8.52. The summed E-state index contributed by atoms with van der Waals surface area (Å²) in [5, 5.41) is 3.46. The molecule has 0 radical (unpaired) electrons. The van der Waals surface area contributed by atoms with Crippen molar-refractivity contribution >= 4 is 5.91 Å². The molecule has 1 amide bonds. The number of nitrogens with zero attached hydrogens (tertiary/aromatic N) is 1. The zero-order chi connectivity index (χ0) is 17.7. The van der Waals surface area contributed by atoms with Gasteiger partial charge < -0.3 is 10.2 Å². The third-order valence-electron chi connectivity index (χ3n) is 4.76. The maximum atomic E-state index is 12.6. The number of halogens is 3. The molecule has 1 heterocycles. The van der Waals surface area contributed by atoms with Crippen LogP contribution in [0.25, 0.3) is 0 Å². The molecule has 1 aromatic rings. The second-order valence-electron chi connectivity index (χ2n) is 6.33. The molecule has 1 saturated heterocycles. The fourth-order valence-electron chi connectivity index (χ4n) is 3.23. The van der Waals surface area contributed by atoms with Gasteiger partial charge in [-0.1, -0.05) is 32.4 Å². The van der Waals surface area contributed by atoms with Crippen molar-refractivity contribution < 1.29 is 18.0 Å². The first-order chi connectivity index (χ1) is 11.3. The minimum atomic E-state index is -4.29. The highest BCUT2D eigenvalue weighted by molar-refractivity contribution is 5.75. The zero-order valence-electron chi connectivity index (χ0n) is 14.2. The van der Waals surface area contributed by atoms with E-state index in [0.29, 0.717) is 18.9 Å². The molecule has 0 aromatic heterocycles. The number of carbonyl (C=O) groups is 1. The summed E-state index contributed by atoms with van der Waals surface area (Å²) in [7, 11) is 0.